The number of nitrogens with one attached hydrogen (secondary N) is 1. The van der Waals surface area contributed by atoms with Gasteiger partial charge in [-0.05, 0) is 59.5 Å². The van der Waals surface area contributed by atoms with Gasteiger partial charge in [-0.25, -0.2) is 13.3 Å². The van der Waals surface area contributed by atoms with Crippen LogP contribution in [0.2, 0.25) is 0 Å². The molecule has 172 valence electrons. The van der Waals surface area contributed by atoms with Crippen molar-refractivity contribution in [2.75, 3.05) is 13.6 Å². The molecule has 33 heavy (non-hydrogen) atoms. The van der Waals surface area contributed by atoms with Crippen LogP contribution < -0.4 is 9.46 Å². The van der Waals surface area contributed by atoms with Crippen molar-refractivity contribution in [3.63, 3.8) is 0 Å². The van der Waals surface area contributed by atoms with Crippen LogP contribution in [0.1, 0.15) is 17.5 Å². The van der Waals surface area contributed by atoms with Crippen molar-refractivity contribution in [3.05, 3.63) is 90.0 Å². The lowest BCUT2D eigenvalue weighted by atomic mass is 9.96. The molecule has 1 aliphatic rings. The minimum Gasteiger partial charge on any atom is -0.406 e. The predicted octanol–water partition coefficient (Wildman–Crippen LogP) is 6.53. The van der Waals surface area contributed by atoms with E-state index in [1.165, 1.54) is 29.0 Å². The maximum atomic E-state index is 13.2. The molecule has 3 aromatic carbocycles. The van der Waals surface area contributed by atoms with Crippen molar-refractivity contribution in [1.82, 2.24) is 4.72 Å². The number of rotatable bonds is 6. The number of hydrogen-bond acceptors (Lipinski definition) is 4. The van der Waals surface area contributed by atoms with Crippen LogP contribution in [0.5, 0.6) is 5.75 Å². The smallest absolute Gasteiger partial charge is 0.406 e. The van der Waals surface area contributed by atoms with Gasteiger partial charge in [-0.2, -0.15) is 0 Å². The Morgan fingerprint density at radius 2 is 1.55 bits per heavy atom. The first kappa shape index (κ1) is 23.4. The zero-order chi connectivity index (χ0) is 23.5. The molecule has 1 aliphatic heterocycles. The van der Waals surface area contributed by atoms with E-state index in [-0.39, 0.29) is 10.6 Å². The van der Waals surface area contributed by atoms with Gasteiger partial charge in [0, 0.05) is 23.4 Å². The topological polar surface area (TPSA) is 50.7 Å². The van der Waals surface area contributed by atoms with Crippen LogP contribution in [0, 0.1) is 0 Å². The molecular weight excluding hydrogens is 469 g/mol. The van der Waals surface area contributed by atoms with Gasteiger partial charge in [0.25, 0.3) is 0 Å². The summed E-state index contributed by atoms with van der Waals surface area (Å²) in [4.78, 5) is 2.66. The third-order valence-corrected chi connectivity index (χ3v) is 8.17. The molecule has 0 amide bonds. The summed E-state index contributed by atoms with van der Waals surface area (Å²) in [5, 5.41) is 0. The molecule has 1 heterocycles. The highest BCUT2D eigenvalue weighted by Gasteiger charge is 2.31. The van der Waals surface area contributed by atoms with Gasteiger partial charge in [0.15, 0.2) is 0 Å². The molecule has 0 bridgehead atoms. The molecule has 4 nitrogen and oxygen atoms in total. The van der Waals surface area contributed by atoms with E-state index >= 15 is 0 Å². The second-order valence-corrected chi connectivity index (χ2v) is 10.4. The number of alkyl halides is 3. The number of fused-ring (bicyclic) bond motifs is 2. The van der Waals surface area contributed by atoms with Crippen LogP contribution in [0.15, 0.2) is 97.9 Å². The standard InChI is InChI=1S/C24H21F3N2O2S2/c1-28-33(30,18-14-12-17(13-15-18)31-24(25,26)27)29-16-6-9-19-20-7-2-4-10-22(20)32-23-11-5-3-8-21(19)23/h2-5,7-15H,6,16H2,1H3,(H,28,29,30). The Balaban J connectivity index is 1.50. The lowest BCUT2D eigenvalue weighted by Gasteiger charge is -2.22. The molecule has 1 unspecified atom stereocenters. The van der Waals surface area contributed by atoms with Gasteiger partial charge in [-0.3, -0.25) is 0 Å². The van der Waals surface area contributed by atoms with Gasteiger partial charge in [-0.15, -0.1) is 13.2 Å². The zero-order valence-corrected chi connectivity index (χ0v) is 19.3. The van der Waals surface area contributed by atoms with E-state index in [1.54, 1.807) is 11.8 Å². The van der Waals surface area contributed by atoms with Gasteiger partial charge >= 0.3 is 6.36 Å². The van der Waals surface area contributed by atoms with Crippen LogP contribution in [-0.2, 0) is 9.92 Å². The first-order valence-corrected chi connectivity index (χ1v) is 12.4. The Kier molecular flexibility index (Phi) is 6.83. The second kappa shape index (κ2) is 9.62. The Bertz CT molecular complexity index is 1250. The number of halogens is 3. The Morgan fingerprint density at radius 1 is 0.970 bits per heavy atom. The average molecular weight is 491 g/mol. The molecular formula is C24H21F3N2O2S2. The molecule has 0 spiro atoms. The van der Waals surface area contributed by atoms with Gasteiger partial charge in [0.05, 0.1) is 4.90 Å². The maximum absolute atomic E-state index is 13.2. The molecule has 0 fully saturated rings. The van der Waals surface area contributed by atoms with Crippen LogP contribution in [0.25, 0.3) is 5.57 Å². The first-order valence-electron chi connectivity index (χ1n) is 10.1. The molecule has 1 N–H and O–H groups in total. The fourth-order valence-corrected chi connectivity index (χ4v) is 6.04. The zero-order valence-electron chi connectivity index (χ0n) is 17.6. The third kappa shape index (κ3) is 5.43. The van der Waals surface area contributed by atoms with E-state index < -0.39 is 16.3 Å². The summed E-state index contributed by atoms with van der Waals surface area (Å²) >= 11 is 1.74. The normalized spacial score (nSPS) is 14.6. The molecule has 9 heteroatoms. The molecule has 0 aliphatic carbocycles. The predicted molar refractivity (Wildman–Crippen MR) is 125 cm³/mol. The summed E-state index contributed by atoms with van der Waals surface area (Å²) in [5.74, 6) is -0.374. The SMILES string of the molecule is CN=S(=O)(NCCC=C1c2ccccc2Sc2ccccc21)c1ccc(OC(F)(F)F)cc1. The number of benzene rings is 3. The first-order chi connectivity index (χ1) is 15.8. The van der Waals surface area contributed by atoms with Crippen LogP contribution in [0.3, 0.4) is 0 Å². The highest BCUT2D eigenvalue weighted by atomic mass is 32.2. The Labute approximate surface area is 195 Å². The summed E-state index contributed by atoms with van der Waals surface area (Å²) in [5.41, 5.74) is 3.43. The summed E-state index contributed by atoms with van der Waals surface area (Å²) in [7, 11) is -1.57. The van der Waals surface area contributed by atoms with Crippen molar-refractivity contribution in [2.45, 2.75) is 27.5 Å². The van der Waals surface area contributed by atoms with E-state index in [9.17, 15) is 17.4 Å². The van der Waals surface area contributed by atoms with Crippen molar-refractivity contribution in [1.29, 1.82) is 0 Å². The van der Waals surface area contributed by atoms with Crippen LogP contribution >= 0.6 is 11.8 Å². The van der Waals surface area contributed by atoms with Crippen molar-refractivity contribution in [2.24, 2.45) is 4.36 Å². The van der Waals surface area contributed by atoms with Gasteiger partial charge in [0.2, 0.25) is 0 Å². The maximum Gasteiger partial charge on any atom is 0.573 e. The molecule has 0 radical (unpaired) electrons. The Hall–Kier alpha value is -2.75. The van der Waals surface area contributed by atoms with Gasteiger partial charge in [-0.1, -0.05) is 54.2 Å². The number of nitrogens with zero attached hydrogens (tertiary/aromatic N) is 1. The highest BCUT2D eigenvalue weighted by molar-refractivity contribution is 7.99. The van der Waals surface area contributed by atoms with E-state index in [0.717, 1.165) is 28.8 Å². The monoisotopic (exact) mass is 490 g/mol. The lowest BCUT2D eigenvalue weighted by molar-refractivity contribution is -0.274. The van der Waals surface area contributed by atoms with Crippen molar-refractivity contribution >= 4 is 27.3 Å². The fourth-order valence-electron chi connectivity index (χ4n) is 3.53. The van der Waals surface area contributed by atoms with E-state index in [0.29, 0.717) is 13.0 Å². The van der Waals surface area contributed by atoms with Crippen molar-refractivity contribution < 1.29 is 22.1 Å². The Morgan fingerprint density at radius 3 is 2.09 bits per heavy atom. The minimum absolute atomic E-state index is 0.289. The van der Waals surface area contributed by atoms with Gasteiger partial charge in [0.1, 0.15) is 15.7 Å². The molecule has 0 saturated carbocycles. The van der Waals surface area contributed by atoms with E-state index in [1.807, 2.05) is 24.3 Å². The van der Waals surface area contributed by atoms with E-state index in [4.69, 9.17) is 0 Å². The summed E-state index contributed by atoms with van der Waals surface area (Å²) in [6.07, 6.45) is -2.08. The van der Waals surface area contributed by atoms with Crippen LogP contribution in [0.4, 0.5) is 13.2 Å². The highest BCUT2D eigenvalue weighted by Crippen LogP contribution is 2.45. The summed E-state index contributed by atoms with van der Waals surface area (Å²) < 4.78 is 61.2. The summed E-state index contributed by atoms with van der Waals surface area (Å²) in [6.45, 7) is 0.373. The third-order valence-electron chi connectivity index (χ3n) is 5.00. The minimum atomic E-state index is -4.78. The van der Waals surface area contributed by atoms with Gasteiger partial charge < -0.3 is 4.74 Å². The van der Waals surface area contributed by atoms with Crippen LogP contribution in [-0.4, -0.2) is 24.2 Å². The molecule has 3 aromatic rings. The number of hydrogen-bond donors (Lipinski definition) is 1. The summed E-state index contributed by atoms with van der Waals surface area (Å²) in [6, 6.07) is 21.3. The fraction of sp³-hybridized carbons (Fsp3) is 0.167. The molecule has 4 rings (SSSR count). The quantitative estimate of drug-likeness (QED) is 0.313. The number of ether oxygens (including phenoxy) is 1. The molecule has 1 atom stereocenters. The lowest BCUT2D eigenvalue weighted by Crippen LogP contribution is -2.24. The van der Waals surface area contributed by atoms with E-state index in [2.05, 4.69) is 44.2 Å². The van der Waals surface area contributed by atoms with Crippen molar-refractivity contribution in [3.8, 4) is 5.75 Å². The second-order valence-electron chi connectivity index (χ2n) is 7.12. The molecule has 0 aromatic heterocycles. The molecule has 0 saturated heterocycles. The largest absolute Gasteiger partial charge is 0.573 e. The average Bonchev–Trinajstić information content (AvgIpc) is 2.80.